The van der Waals surface area contributed by atoms with Crippen molar-refractivity contribution in [2.24, 2.45) is 4.99 Å². The lowest BCUT2D eigenvalue weighted by Gasteiger charge is -2.06. The number of amides is 1. The normalized spacial score (nSPS) is 16.8. The monoisotopic (exact) mass is 440 g/mol. The molecule has 7 heteroatoms. The molecule has 1 aromatic heterocycles. The van der Waals surface area contributed by atoms with E-state index in [-0.39, 0.29) is 5.91 Å². The first kappa shape index (κ1) is 19.8. The van der Waals surface area contributed by atoms with Crippen LogP contribution in [0.25, 0.3) is 17.2 Å². The van der Waals surface area contributed by atoms with Gasteiger partial charge in [-0.05, 0) is 76.8 Å². The molecule has 1 amide bonds. The van der Waals surface area contributed by atoms with Crippen molar-refractivity contribution in [1.82, 2.24) is 4.90 Å². The summed E-state index contributed by atoms with van der Waals surface area (Å²) in [6.45, 7) is 0. The minimum Gasteiger partial charge on any atom is -0.497 e. The second-order valence-corrected chi connectivity index (χ2v) is 8.70. The van der Waals surface area contributed by atoms with Crippen LogP contribution in [0.4, 0.5) is 5.69 Å². The van der Waals surface area contributed by atoms with Crippen LogP contribution in [0.1, 0.15) is 4.88 Å². The molecule has 0 N–H and O–H groups in total. The molecule has 1 aliphatic rings. The fourth-order valence-electron chi connectivity index (χ4n) is 2.79. The summed E-state index contributed by atoms with van der Waals surface area (Å²) in [5.74, 6) is 0.763. The highest BCUT2D eigenvalue weighted by atomic mass is 35.5. The van der Waals surface area contributed by atoms with Gasteiger partial charge in [-0.2, -0.15) is 0 Å². The summed E-state index contributed by atoms with van der Waals surface area (Å²) in [6, 6.07) is 17.2. The fourth-order valence-corrected chi connectivity index (χ4v) is 4.82. The molecule has 1 aliphatic heterocycles. The lowest BCUT2D eigenvalue weighted by molar-refractivity contribution is -0.121. The molecule has 0 saturated carbocycles. The van der Waals surface area contributed by atoms with Crippen LogP contribution >= 0.6 is 34.7 Å². The smallest absolute Gasteiger partial charge is 0.266 e. The van der Waals surface area contributed by atoms with Gasteiger partial charge in [0.2, 0.25) is 0 Å². The van der Waals surface area contributed by atoms with E-state index in [1.165, 1.54) is 11.8 Å². The van der Waals surface area contributed by atoms with E-state index >= 15 is 0 Å². The molecule has 1 fully saturated rings. The quantitative estimate of drug-likeness (QED) is 0.446. The van der Waals surface area contributed by atoms with E-state index in [0.717, 1.165) is 27.4 Å². The van der Waals surface area contributed by atoms with Crippen molar-refractivity contribution in [2.75, 3.05) is 14.2 Å². The van der Waals surface area contributed by atoms with E-state index < -0.39 is 0 Å². The van der Waals surface area contributed by atoms with Gasteiger partial charge in [0.15, 0.2) is 5.17 Å². The summed E-state index contributed by atoms with van der Waals surface area (Å²) >= 11 is 8.90. The number of amidine groups is 1. The molecule has 29 heavy (non-hydrogen) atoms. The predicted octanol–water partition coefficient (Wildman–Crippen LogP) is 6.31. The van der Waals surface area contributed by atoms with Crippen LogP contribution in [-0.2, 0) is 4.79 Å². The average Bonchev–Trinajstić information content (AvgIpc) is 3.31. The van der Waals surface area contributed by atoms with Crippen molar-refractivity contribution in [2.45, 2.75) is 0 Å². The number of thiophene rings is 1. The predicted molar refractivity (Wildman–Crippen MR) is 123 cm³/mol. The Balaban J connectivity index is 1.58. The highest BCUT2D eigenvalue weighted by Crippen LogP contribution is 2.35. The average molecular weight is 441 g/mol. The number of hydrogen-bond acceptors (Lipinski definition) is 5. The van der Waals surface area contributed by atoms with Crippen LogP contribution in [0.2, 0.25) is 5.02 Å². The molecule has 0 unspecified atom stereocenters. The third-order valence-electron chi connectivity index (χ3n) is 4.35. The first-order valence-electron chi connectivity index (χ1n) is 8.78. The van der Waals surface area contributed by atoms with Gasteiger partial charge in [0, 0.05) is 16.9 Å². The molecular formula is C22H17ClN2O2S2. The van der Waals surface area contributed by atoms with Crippen LogP contribution in [-0.4, -0.2) is 30.1 Å². The van der Waals surface area contributed by atoms with Crippen molar-refractivity contribution >= 4 is 57.5 Å². The van der Waals surface area contributed by atoms with Crippen molar-refractivity contribution < 1.29 is 9.53 Å². The molecule has 0 radical (unpaired) electrons. The Hall–Kier alpha value is -2.54. The number of likely N-dealkylation sites (N-methyl/N-ethyl adjacent to an activating group) is 1. The largest absolute Gasteiger partial charge is 0.497 e. The van der Waals surface area contributed by atoms with Gasteiger partial charge in [0.25, 0.3) is 5.91 Å². The number of halogens is 1. The van der Waals surface area contributed by atoms with E-state index in [1.807, 2.05) is 42.5 Å². The molecule has 146 valence electrons. The van der Waals surface area contributed by atoms with Crippen molar-refractivity contribution in [3.63, 3.8) is 0 Å². The van der Waals surface area contributed by atoms with Crippen LogP contribution in [0.3, 0.4) is 0 Å². The number of carbonyl (C=O) groups is 1. The molecule has 4 rings (SSSR count). The first-order valence-corrected chi connectivity index (χ1v) is 10.9. The van der Waals surface area contributed by atoms with Crippen LogP contribution in [0, 0.1) is 0 Å². The Labute approximate surface area is 182 Å². The Morgan fingerprint density at radius 1 is 1.10 bits per heavy atom. The lowest BCUT2D eigenvalue weighted by atomic mass is 10.1. The molecule has 0 atom stereocenters. The number of carbonyl (C=O) groups excluding carboxylic acids is 1. The van der Waals surface area contributed by atoms with Gasteiger partial charge in [-0.15, -0.1) is 11.3 Å². The molecule has 0 bridgehead atoms. The molecule has 4 nitrogen and oxygen atoms in total. The Morgan fingerprint density at radius 2 is 1.90 bits per heavy atom. The molecule has 2 aromatic carbocycles. The number of hydrogen-bond donors (Lipinski definition) is 0. The van der Waals surface area contributed by atoms with Crippen molar-refractivity contribution in [3.05, 3.63) is 74.8 Å². The molecule has 0 aliphatic carbocycles. The number of thioether (sulfide) groups is 1. The highest BCUT2D eigenvalue weighted by molar-refractivity contribution is 8.18. The molecular weight excluding hydrogens is 424 g/mol. The summed E-state index contributed by atoms with van der Waals surface area (Å²) in [6.07, 6.45) is 1.92. The zero-order valence-electron chi connectivity index (χ0n) is 15.8. The summed E-state index contributed by atoms with van der Waals surface area (Å²) in [4.78, 5) is 20.5. The summed E-state index contributed by atoms with van der Waals surface area (Å²) in [5, 5.41) is 3.38. The number of nitrogens with zero attached hydrogens (tertiary/aromatic N) is 2. The third-order valence-corrected chi connectivity index (χ3v) is 6.54. The summed E-state index contributed by atoms with van der Waals surface area (Å²) in [5.41, 5.74) is 2.94. The molecule has 1 saturated heterocycles. The fraction of sp³-hybridized carbons (Fsp3) is 0.0909. The second-order valence-electron chi connectivity index (χ2n) is 6.32. The van der Waals surface area contributed by atoms with Crippen LogP contribution < -0.4 is 4.74 Å². The zero-order chi connectivity index (χ0) is 20.4. The van der Waals surface area contributed by atoms with E-state index in [2.05, 4.69) is 16.4 Å². The van der Waals surface area contributed by atoms with Gasteiger partial charge in [-0.1, -0.05) is 23.7 Å². The van der Waals surface area contributed by atoms with Gasteiger partial charge < -0.3 is 4.74 Å². The Morgan fingerprint density at radius 3 is 2.66 bits per heavy atom. The Kier molecular flexibility index (Phi) is 5.76. The zero-order valence-corrected chi connectivity index (χ0v) is 18.1. The van der Waals surface area contributed by atoms with Gasteiger partial charge >= 0.3 is 0 Å². The maximum Gasteiger partial charge on any atom is 0.266 e. The van der Waals surface area contributed by atoms with Crippen molar-refractivity contribution in [3.8, 4) is 16.9 Å². The molecule has 3 aromatic rings. The number of ether oxygens (including phenoxy) is 1. The lowest BCUT2D eigenvalue weighted by Crippen LogP contribution is -2.23. The highest BCUT2D eigenvalue weighted by Gasteiger charge is 2.30. The van der Waals surface area contributed by atoms with E-state index in [1.54, 1.807) is 42.5 Å². The van der Waals surface area contributed by atoms with Crippen LogP contribution in [0.5, 0.6) is 5.75 Å². The number of rotatable bonds is 4. The molecule has 0 spiro atoms. The number of benzene rings is 2. The maximum atomic E-state index is 12.6. The van der Waals surface area contributed by atoms with Gasteiger partial charge in [0.1, 0.15) is 5.75 Å². The molecule has 2 heterocycles. The van der Waals surface area contributed by atoms with E-state index in [4.69, 9.17) is 16.3 Å². The summed E-state index contributed by atoms with van der Waals surface area (Å²) in [7, 11) is 3.40. The van der Waals surface area contributed by atoms with Crippen molar-refractivity contribution in [1.29, 1.82) is 0 Å². The number of aliphatic imine (C=N–C) groups is 1. The second kappa shape index (κ2) is 8.45. The van der Waals surface area contributed by atoms with E-state index in [0.29, 0.717) is 15.1 Å². The SMILES string of the molecule is COc1cccc(-c2csc(/C=C3\S/C(=N/c4ccc(Cl)cc4)N(C)C3=O)c2)c1. The van der Waals surface area contributed by atoms with Crippen LogP contribution in [0.15, 0.2) is 69.9 Å². The number of methoxy groups -OCH3 is 1. The van der Waals surface area contributed by atoms with Gasteiger partial charge in [-0.3, -0.25) is 9.69 Å². The minimum absolute atomic E-state index is 0.0564. The Bertz CT molecular complexity index is 1120. The minimum atomic E-state index is -0.0564. The first-order chi connectivity index (χ1) is 14.0. The van der Waals surface area contributed by atoms with E-state index in [9.17, 15) is 4.79 Å². The maximum absolute atomic E-state index is 12.6. The summed E-state index contributed by atoms with van der Waals surface area (Å²) < 4.78 is 5.30. The third kappa shape index (κ3) is 4.40. The standard InChI is InChI=1S/C22H17ClN2O2S2/c1-25-21(26)20(29-22(25)24-17-8-6-16(23)7-9-17)12-19-11-15(13-28-19)14-4-3-5-18(10-14)27-2/h3-13H,1-2H3/b20-12-,24-22+. The van der Waals surface area contributed by atoms with Gasteiger partial charge in [-0.25, -0.2) is 4.99 Å². The van der Waals surface area contributed by atoms with Gasteiger partial charge in [0.05, 0.1) is 17.7 Å². The topological polar surface area (TPSA) is 41.9 Å².